The Hall–Kier alpha value is -1.60. The Morgan fingerprint density at radius 1 is 1.24 bits per heavy atom. The van der Waals surface area contributed by atoms with Crippen molar-refractivity contribution in [3.8, 4) is 0 Å². The van der Waals surface area contributed by atoms with Crippen molar-refractivity contribution >= 4 is 23.6 Å². The first-order valence-electron chi connectivity index (χ1n) is 9.05. The van der Waals surface area contributed by atoms with Gasteiger partial charge in [-0.25, -0.2) is 4.98 Å². The molecule has 2 aliphatic heterocycles. The zero-order valence-corrected chi connectivity index (χ0v) is 15.3. The average molecular weight is 362 g/mol. The Morgan fingerprint density at radius 3 is 2.80 bits per heavy atom. The van der Waals surface area contributed by atoms with Crippen molar-refractivity contribution in [3.05, 3.63) is 24.4 Å². The van der Waals surface area contributed by atoms with Crippen LogP contribution in [0, 0.1) is 11.8 Å². The summed E-state index contributed by atoms with van der Waals surface area (Å²) in [5.41, 5.74) is 0. The number of likely N-dealkylation sites (tertiary alicyclic amines) is 1. The number of nitrogens with zero attached hydrogens (tertiary/aromatic N) is 2. The van der Waals surface area contributed by atoms with E-state index in [9.17, 15) is 9.59 Å². The number of piperidine rings is 1. The molecule has 1 aromatic heterocycles. The number of hydrogen-bond acceptors (Lipinski definition) is 5. The molecule has 2 amide bonds. The highest BCUT2D eigenvalue weighted by atomic mass is 32.2. The van der Waals surface area contributed by atoms with Gasteiger partial charge in [0.2, 0.25) is 11.8 Å². The lowest BCUT2D eigenvalue weighted by atomic mass is 9.89. The fourth-order valence-corrected chi connectivity index (χ4v) is 4.16. The SMILES string of the molecule is O=C(NCCSc1ccccn1)[C@H]1CNC[C@H](C(=O)N2CCCC2)C1. The lowest BCUT2D eigenvalue weighted by Crippen LogP contribution is -2.49. The molecule has 2 aliphatic rings. The summed E-state index contributed by atoms with van der Waals surface area (Å²) in [6.45, 7) is 3.70. The summed E-state index contributed by atoms with van der Waals surface area (Å²) in [5, 5.41) is 7.23. The van der Waals surface area contributed by atoms with Gasteiger partial charge >= 0.3 is 0 Å². The second kappa shape index (κ2) is 9.20. The van der Waals surface area contributed by atoms with Crippen molar-refractivity contribution in [1.29, 1.82) is 0 Å². The van der Waals surface area contributed by atoms with E-state index in [1.54, 1.807) is 18.0 Å². The first-order chi connectivity index (χ1) is 12.2. The summed E-state index contributed by atoms with van der Waals surface area (Å²) in [6.07, 6.45) is 4.63. The largest absolute Gasteiger partial charge is 0.355 e. The molecule has 2 N–H and O–H groups in total. The van der Waals surface area contributed by atoms with Crippen molar-refractivity contribution in [3.63, 3.8) is 0 Å². The molecule has 0 bridgehead atoms. The molecule has 1 aromatic rings. The highest BCUT2D eigenvalue weighted by molar-refractivity contribution is 7.99. The van der Waals surface area contributed by atoms with Crippen LogP contribution in [0.25, 0.3) is 0 Å². The van der Waals surface area contributed by atoms with E-state index < -0.39 is 0 Å². The quantitative estimate of drug-likeness (QED) is 0.586. The lowest BCUT2D eigenvalue weighted by Gasteiger charge is -2.31. The molecule has 0 saturated carbocycles. The molecule has 0 aromatic carbocycles. The van der Waals surface area contributed by atoms with Gasteiger partial charge in [0.25, 0.3) is 0 Å². The van der Waals surface area contributed by atoms with Crippen molar-refractivity contribution < 1.29 is 9.59 Å². The number of thioether (sulfide) groups is 1. The van der Waals surface area contributed by atoms with E-state index in [2.05, 4.69) is 15.6 Å². The van der Waals surface area contributed by atoms with Gasteiger partial charge in [-0.1, -0.05) is 6.07 Å². The van der Waals surface area contributed by atoms with E-state index in [1.165, 1.54) is 0 Å². The molecular weight excluding hydrogens is 336 g/mol. The molecular formula is C18H26N4O2S. The maximum absolute atomic E-state index is 12.5. The highest BCUT2D eigenvalue weighted by Gasteiger charge is 2.33. The van der Waals surface area contributed by atoms with Crippen LogP contribution in [0.2, 0.25) is 0 Å². The molecule has 3 heterocycles. The molecule has 25 heavy (non-hydrogen) atoms. The van der Waals surface area contributed by atoms with Gasteiger partial charge < -0.3 is 15.5 Å². The standard InChI is InChI=1S/C18H26N4O2S/c23-17(21-7-10-25-16-5-1-2-6-20-16)14-11-15(13-19-12-14)18(24)22-8-3-4-9-22/h1-2,5-6,14-15,19H,3-4,7-13H2,(H,21,23)/t14-,15-/m1/s1. The van der Waals surface area contributed by atoms with Crippen molar-refractivity contribution in [2.75, 3.05) is 38.5 Å². The fraction of sp³-hybridized carbons (Fsp3) is 0.611. The molecule has 7 heteroatoms. The van der Waals surface area contributed by atoms with Gasteiger partial charge in [0.15, 0.2) is 0 Å². The van der Waals surface area contributed by atoms with Gasteiger partial charge in [-0.15, -0.1) is 11.8 Å². The molecule has 0 unspecified atom stereocenters. The number of amides is 2. The third kappa shape index (κ3) is 5.19. The maximum atomic E-state index is 12.5. The van der Waals surface area contributed by atoms with Crippen LogP contribution in [0.15, 0.2) is 29.4 Å². The van der Waals surface area contributed by atoms with Gasteiger partial charge in [0.05, 0.1) is 16.9 Å². The number of nitrogens with one attached hydrogen (secondary N) is 2. The van der Waals surface area contributed by atoms with Crippen molar-refractivity contribution in [2.24, 2.45) is 11.8 Å². The normalized spacial score (nSPS) is 23.4. The Labute approximate surface area is 153 Å². The van der Waals surface area contributed by atoms with Gasteiger partial charge in [0.1, 0.15) is 0 Å². The summed E-state index contributed by atoms with van der Waals surface area (Å²) in [6, 6.07) is 5.81. The second-order valence-electron chi connectivity index (χ2n) is 6.63. The Kier molecular flexibility index (Phi) is 6.69. The van der Waals surface area contributed by atoms with Crippen LogP contribution in [0.4, 0.5) is 0 Å². The third-order valence-corrected chi connectivity index (χ3v) is 5.72. The molecule has 0 aliphatic carbocycles. The number of rotatable bonds is 6. The van der Waals surface area contributed by atoms with Crippen molar-refractivity contribution in [2.45, 2.75) is 24.3 Å². The van der Waals surface area contributed by atoms with E-state index in [4.69, 9.17) is 0 Å². The van der Waals surface area contributed by atoms with E-state index in [0.29, 0.717) is 26.1 Å². The van der Waals surface area contributed by atoms with Crippen molar-refractivity contribution in [1.82, 2.24) is 20.5 Å². The number of pyridine rings is 1. The molecule has 136 valence electrons. The predicted octanol–water partition coefficient (Wildman–Crippen LogP) is 1.14. The number of carbonyl (C=O) groups is 2. The van der Waals surface area contributed by atoms with Crippen LogP contribution < -0.4 is 10.6 Å². The third-order valence-electron chi connectivity index (χ3n) is 4.78. The second-order valence-corrected chi connectivity index (χ2v) is 7.74. The maximum Gasteiger partial charge on any atom is 0.226 e. The molecule has 2 saturated heterocycles. The van der Waals surface area contributed by atoms with Crippen LogP contribution in [0.1, 0.15) is 19.3 Å². The summed E-state index contributed by atoms with van der Waals surface area (Å²) in [5.74, 6) is 0.871. The Morgan fingerprint density at radius 2 is 2.04 bits per heavy atom. The summed E-state index contributed by atoms with van der Waals surface area (Å²) < 4.78 is 0. The van der Waals surface area contributed by atoms with Crippen LogP contribution in [-0.2, 0) is 9.59 Å². The first kappa shape index (κ1) is 18.2. The molecule has 0 radical (unpaired) electrons. The van der Waals surface area contributed by atoms with Crippen LogP contribution in [0.5, 0.6) is 0 Å². The number of aromatic nitrogens is 1. The summed E-state index contributed by atoms with van der Waals surface area (Å²) in [4.78, 5) is 31.1. The molecule has 3 rings (SSSR count). The fourth-order valence-electron chi connectivity index (χ4n) is 3.43. The van der Waals surface area contributed by atoms with Gasteiger partial charge in [-0.05, 0) is 31.4 Å². The molecule has 6 nitrogen and oxygen atoms in total. The van der Waals surface area contributed by atoms with Gasteiger partial charge in [-0.3, -0.25) is 9.59 Å². The van der Waals surface area contributed by atoms with E-state index >= 15 is 0 Å². The predicted molar refractivity (Wildman–Crippen MR) is 98.3 cm³/mol. The minimum Gasteiger partial charge on any atom is -0.355 e. The summed E-state index contributed by atoms with van der Waals surface area (Å²) >= 11 is 1.63. The zero-order chi connectivity index (χ0) is 17.5. The monoisotopic (exact) mass is 362 g/mol. The average Bonchev–Trinajstić information content (AvgIpc) is 3.20. The van der Waals surface area contributed by atoms with Gasteiger partial charge in [0, 0.05) is 44.7 Å². The van der Waals surface area contributed by atoms with Crippen LogP contribution in [-0.4, -0.2) is 60.2 Å². The smallest absolute Gasteiger partial charge is 0.226 e. The first-order valence-corrected chi connectivity index (χ1v) is 10.0. The molecule has 0 spiro atoms. The minimum atomic E-state index is -0.120. The molecule has 2 atom stereocenters. The Balaban J connectivity index is 1.40. The highest BCUT2D eigenvalue weighted by Crippen LogP contribution is 2.21. The number of hydrogen-bond donors (Lipinski definition) is 2. The van der Waals surface area contributed by atoms with Gasteiger partial charge in [-0.2, -0.15) is 0 Å². The lowest BCUT2D eigenvalue weighted by molar-refractivity contribution is -0.136. The topological polar surface area (TPSA) is 74.3 Å². The Bertz CT molecular complexity index is 578. The van der Waals surface area contributed by atoms with E-state index in [-0.39, 0.29) is 23.7 Å². The summed E-state index contributed by atoms with van der Waals surface area (Å²) in [7, 11) is 0. The van der Waals surface area contributed by atoms with Crippen LogP contribution in [0.3, 0.4) is 0 Å². The van der Waals surface area contributed by atoms with E-state index in [0.717, 1.165) is 36.7 Å². The minimum absolute atomic E-state index is 0.0491. The van der Waals surface area contributed by atoms with Crippen LogP contribution >= 0.6 is 11.8 Å². The number of carbonyl (C=O) groups excluding carboxylic acids is 2. The zero-order valence-electron chi connectivity index (χ0n) is 14.4. The van der Waals surface area contributed by atoms with E-state index in [1.807, 2.05) is 23.1 Å². The molecule has 2 fully saturated rings.